The van der Waals surface area contributed by atoms with Crippen LogP contribution < -0.4 is 11.1 Å². The van der Waals surface area contributed by atoms with Crippen LogP contribution in [0.4, 0.5) is 5.13 Å². The number of aromatic nitrogens is 2. The largest absolute Gasteiger partial charge is 0.392 e. The van der Waals surface area contributed by atoms with Crippen molar-refractivity contribution in [2.45, 2.75) is 39.0 Å². The molecule has 0 spiro atoms. The van der Waals surface area contributed by atoms with Crippen LogP contribution in [0.15, 0.2) is 0 Å². The number of anilines is 1. The Hall–Kier alpha value is -1.08. The lowest BCUT2D eigenvalue weighted by Crippen LogP contribution is -2.47. The second kappa shape index (κ2) is 5.27. The fraction of sp³-hybridized carbons (Fsp3) is 0.636. The second-order valence-electron chi connectivity index (χ2n) is 4.59. The molecule has 5 nitrogen and oxygen atoms in total. The van der Waals surface area contributed by atoms with E-state index in [4.69, 9.17) is 18.0 Å². The minimum Gasteiger partial charge on any atom is -0.392 e. The molecule has 0 atom stereocenters. The van der Waals surface area contributed by atoms with Crippen LogP contribution in [0.2, 0.25) is 0 Å². The van der Waals surface area contributed by atoms with E-state index in [9.17, 15) is 4.79 Å². The van der Waals surface area contributed by atoms with Crippen molar-refractivity contribution >= 4 is 39.6 Å². The van der Waals surface area contributed by atoms with E-state index in [0.29, 0.717) is 10.1 Å². The summed E-state index contributed by atoms with van der Waals surface area (Å²) in [6.45, 7) is 1.84. The van der Waals surface area contributed by atoms with Crippen LogP contribution in [0, 0.1) is 12.3 Å². The summed E-state index contributed by atoms with van der Waals surface area (Å²) in [6.07, 6.45) is 4.56. The van der Waals surface area contributed by atoms with E-state index in [1.54, 1.807) is 0 Å². The molecule has 7 heteroatoms. The molecule has 0 radical (unpaired) electrons. The zero-order valence-corrected chi connectivity index (χ0v) is 11.9. The highest BCUT2D eigenvalue weighted by atomic mass is 32.1. The predicted octanol–water partition coefficient (Wildman–Crippen LogP) is 2.02. The molecular formula is C11H16N4OS2. The SMILES string of the molecule is Cc1nnc(NC(=O)C2(C(N)=S)CCCCC2)s1. The van der Waals surface area contributed by atoms with Crippen molar-refractivity contribution in [3.63, 3.8) is 0 Å². The molecule has 0 aromatic carbocycles. The van der Waals surface area contributed by atoms with E-state index >= 15 is 0 Å². The molecule has 1 aliphatic rings. The number of nitrogens with one attached hydrogen (secondary N) is 1. The highest BCUT2D eigenvalue weighted by Gasteiger charge is 2.42. The topological polar surface area (TPSA) is 80.9 Å². The number of nitrogens with two attached hydrogens (primary N) is 1. The van der Waals surface area contributed by atoms with Gasteiger partial charge in [0, 0.05) is 0 Å². The van der Waals surface area contributed by atoms with E-state index < -0.39 is 5.41 Å². The maximum atomic E-state index is 12.4. The first-order valence-corrected chi connectivity index (χ1v) is 7.18. The van der Waals surface area contributed by atoms with E-state index in [1.165, 1.54) is 11.3 Å². The lowest BCUT2D eigenvalue weighted by molar-refractivity contribution is -0.123. The predicted molar refractivity (Wildman–Crippen MR) is 75.6 cm³/mol. The van der Waals surface area contributed by atoms with Crippen molar-refractivity contribution in [2.75, 3.05) is 5.32 Å². The van der Waals surface area contributed by atoms with Crippen LogP contribution in [0.1, 0.15) is 37.1 Å². The summed E-state index contributed by atoms with van der Waals surface area (Å²) >= 11 is 6.46. The minimum absolute atomic E-state index is 0.133. The average Bonchev–Trinajstić information content (AvgIpc) is 2.75. The molecule has 18 heavy (non-hydrogen) atoms. The number of carbonyl (C=O) groups is 1. The lowest BCUT2D eigenvalue weighted by atomic mass is 9.73. The summed E-state index contributed by atoms with van der Waals surface area (Å²) in [5, 5.41) is 11.9. The standard InChI is InChI=1S/C11H16N4OS2/c1-7-14-15-10(18-7)13-9(16)11(8(12)17)5-3-2-4-6-11/h2-6H2,1H3,(H2,12,17)(H,13,15,16). The molecule has 1 amide bonds. The van der Waals surface area contributed by atoms with E-state index in [1.807, 2.05) is 6.92 Å². The van der Waals surface area contributed by atoms with Crippen LogP contribution in [0.3, 0.4) is 0 Å². The Kier molecular flexibility index (Phi) is 3.91. The van der Waals surface area contributed by atoms with Gasteiger partial charge < -0.3 is 5.73 Å². The first-order chi connectivity index (χ1) is 8.54. The van der Waals surface area contributed by atoms with Crippen LogP contribution >= 0.6 is 23.6 Å². The molecule has 0 saturated heterocycles. The Morgan fingerprint density at radius 2 is 2.06 bits per heavy atom. The van der Waals surface area contributed by atoms with Gasteiger partial charge in [-0.15, -0.1) is 10.2 Å². The summed E-state index contributed by atoms with van der Waals surface area (Å²) in [6, 6.07) is 0. The van der Waals surface area contributed by atoms with Gasteiger partial charge in [-0.25, -0.2) is 0 Å². The van der Waals surface area contributed by atoms with Gasteiger partial charge in [-0.3, -0.25) is 10.1 Å². The first kappa shape index (κ1) is 13.4. The molecule has 0 aliphatic heterocycles. The zero-order valence-electron chi connectivity index (χ0n) is 10.2. The minimum atomic E-state index is -0.701. The number of nitrogens with zero attached hydrogens (tertiary/aromatic N) is 2. The summed E-state index contributed by atoms with van der Waals surface area (Å²) in [5.41, 5.74) is 5.10. The summed E-state index contributed by atoms with van der Waals surface area (Å²) in [7, 11) is 0. The Morgan fingerprint density at radius 3 is 2.56 bits per heavy atom. The molecule has 3 N–H and O–H groups in total. The molecule has 0 unspecified atom stereocenters. The fourth-order valence-electron chi connectivity index (χ4n) is 2.30. The maximum Gasteiger partial charge on any atom is 0.239 e. The molecule has 1 heterocycles. The third-order valence-corrected chi connectivity index (χ3v) is 4.50. The fourth-order valence-corrected chi connectivity index (χ4v) is 3.19. The van der Waals surface area contributed by atoms with E-state index in [-0.39, 0.29) is 5.91 Å². The molecule has 1 aromatic rings. The number of aryl methyl sites for hydroxylation is 1. The van der Waals surface area contributed by atoms with Gasteiger partial charge in [0.25, 0.3) is 0 Å². The highest BCUT2D eigenvalue weighted by Crippen LogP contribution is 2.38. The monoisotopic (exact) mass is 284 g/mol. The Morgan fingerprint density at radius 1 is 1.39 bits per heavy atom. The zero-order chi connectivity index (χ0) is 13.2. The Balaban J connectivity index is 2.16. The normalized spacial score (nSPS) is 18.3. The van der Waals surface area contributed by atoms with Crippen LogP contribution in [-0.4, -0.2) is 21.1 Å². The van der Waals surface area contributed by atoms with Gasteiger partial charge in [0.2, 0.25) is 11.0 Å². The van der Waals surface area contributed by atoms with Crippen molar-refractivity contribution in [3.05, 3.63) is 5.01 Å². The summed E-state index contributed by atoms with van der Waals surface area (Å²) in [4.78, 5) is 12.7. The Labute approximate surface area is 115 Å². The van der Waals surface area contributed by atoms with Gasteiger partial charge in [0.15, 0.2) is 0 Å². The van der Waals surface area contributed by atoms with Crippen LogP contribution in [0.25, 0.3) is 0 Å². The van der Waals surface area contributed by atoms with Gasteiger partial charge in [-0.1, -0.05) is 42.8 Å². The smallest absolute Gasteiger partial charge is 0.239 e. The Bertz CT molecular complexity index is 465. The van der Waals surface area contributed by atoms with E-state index in [0.717, 1.165) is 37.1 Å². The van der Waals surface area contributed by atoms with Crippen molar-refractivity contribution in [2.24, 2.45) is 11.1 Å². The van der Waals surface area contributed by atoms with Crippen LogP contribution in [-0.2, 0) is 4.79 Å². The van der Waals surface area contributed by atoms with Gasteiger partial charge in [-0.2, -0.15) is 0 Å². The second-order valence-corrected chi connectivity index (χ2v) is 6.21. The molecule has 1 aliphatic carbocycles. The van der Waals surface area contributed by atoms with Crippen molar-refractivity contribution < 1.29 is 4.79 Å². The lowest BCUT2D eigenvalue weighted by Gasteiger charge is -2.34. The van der Waals surface area contributed by atoms with Gasteiger partial charge in [0.05, 0.1) is 10.4 Å². The van der Waals surface area contributed by atoms with E-state index in [2.05, 4.69) is 15.5 Å². The van der Waals surface area contributed by atoms with Crippen LogP contribution in [0.5, 0.6) is 0 Å². The molecular weight excluding hydrogens is 268 g/mol. The third-order valence-electron chi connectivity index (χ3n) is 3.36. The van der Waals surface area contributed by atoms with Gasteiger partial charge >= 0.3 is 0 Å². The van der Waals surface area contributed by atoms with Crippen molar-refractivity contribution in [1.29, 1.82) is 0 Å². The molecule has 1 saturated carbocycles. The summed E-state index contributed by atoms with van der Waals surface area (Å²) < 4.78 is 0. The van der Waals surface area contributed by atoms with Crippen molar-refractivity contribution in [3.8, 4) is 0 Å². The number of carbonyl (C=O) groups excluding carboxylic acids is 1. The number of rotatable bonds is 3. The molecule has 2 rings (SSSR count). The van der Waals surface area contributed by atoms with Gasteiger partial charge in [0.1, 0.15) is 5.01 Å². The maximum absolute atomic E-state index is 12.4. The number of hydrogen-bond donors (Lipinski definition) is 2. The molecule has 0 bridgehead atoms. The highest BCUT2D eigenvalue weighted by molar-refractivity contribution is 7.80. The average molecular weight is 284 g/mol. The van der Waals surface area contributed by atoms with Gasteiger partial charge in [-0.05, 0) is 19.8 Å². The molecule has 1 fully saturated rings. The summed E-state index contributed by atoms with van der Waals surface area (Å²) in [5.74, 6) is -0.133. The molecule has 1 aromatic heterocycles. The molecule has 98 valence electrons. The number of amides is 1. The number of hydrogen-bond acceptors (Lipinski definition) is 5. The van der Waals surface area contributed by atoms with Crippen molar-refractivity contribution in [1.82, 2.24) is 10.2 Å². The first-order valence-electron chi connectivity index (χ1n) is 5.96. The quantitative estimate of drug-likeness (QED) is 0.830. The number of thiocarbonyl (C=S) groups is 1. The third kappa shape index (κ3) is 2.51.